The summed E-state index contributed by atoms with van der Waals surface area (Å²) >= 11 is 4.75. The van der Waals surface area contributed by atoms with E-state index < -0.39 is 0 Å². The van der Waals surface area contributed by atoms with Crippen LogP contribution in [0.4, 0.5) is 0 Å². The molecule has 0 unspecified atom stereocenters. The van der Waals surface area contributed by atoms with Crippen molar-refractivity contribution in [2.75, 3.05) is 5.75 Å². The maximum absolute atomic E-state index is 12.3. The Balaban J connectivity index is 1.37. The molecule has 1 heterocycles. The smallest absolute Gasteiger partial charge is 0.250 e. The second-order valence-electron chi connectivity index (χ2n) is 6.95. The highest BCUT2D eigenvalue weighted by Crippen LogP contribution is 2.24. The average molecular weight is 494 g/mol. The first-order chi connectivity index (χ1) is 15.0. The Morgan fingerprint density at radius 1 is 1.06 bits per heavy atom. The second-order valence-corrected chi connectivity index (χ2v) is 8.81. The SMILES string of the molecule is C/C(=N/NC(=O)CSc1nnc(-c2ccc(Br)cc2)n1C)c1ccc2ccccc2c1. The summed E-state index contributed by atoms with van der Waals surface area (Å²) in [5.74, 6) is 0.750. The normalized spacial score (nSPS) is 11.6. The number of nitrogens with zero attached hydrogens (tertiary/aromatic N) is 4. The zero-order chi connectivity index (χ0) is 21.8. The maximum atomic E-state index is 12.3. The Labute approximate surface area is 192 Å². The fraction of sp³-hybridized carbons (Fsp3) is 0.130. The quantitative estimate of drug-likeness (QED) is 0.232. The summed E-state index contributed by atoms with van der Waals surface area (Å²) in [4.78, 5) is 12.3. The van der Waals surface area contributed by atoms with Crippen LogP contribution in [0.2, 0.25) is 0 Å². The van der Waals surface area contributed by atoms with Gasteiger partial charge < -0.3 is 4.57 Å². The van der Waals surface area contributed by atoms with Gasteiger partial charge in [-0.2, -0.15) is 5.10 Å². The van der Waals surface area contributed by atoms with Crippen LogP contribution in [0.15, 0.2) is 81.5 Å². The molecule has 0 saturated heterocycles. The fourth-order valence-corrected chi connectivity index (χ4v) is 4.05. The monoisotopic (exact) mass is 493 g/mol. The highest BCUT2D eigenvalue weighted by atomic mass is 79.9. The van der Waals surface area contributed by atoms with Gasteiger partial charge in [-0.25, -0.2) is 5.43 Å². The lowest BCUT2D eigenvalue weighted by Crippen LogP contribution is -2.21. The third kappa shape index (κ3) is 5.03. The topological polar surface area (TPSA) is 72.2 Å². The number of thioether (sulfide) groups is 1. The second kappa shape index (κ2) is 9.45. The number of hydrogen-bond donors (Lipinski definition) is 1. The van der Waals surface area contributed by atoms with Crippen LogP contribution < -0.4 is 5.43 Å². The van der Waals surface area contributed by atoms with E-state index in [2.05, 4.69) is 60.9 Å². The standard InChI is InChI=1S/C23H20BrN5OS/c1-15(18-8-7-16-5-3-4-6-19(16)13-18)25-26-21(30)14-31-23-28-27-22(29(23)2)17-9-11-20(24)12-10-17/h3-13H,14H2,1-2H3,(H,26,30)/b25-15-. The summed E-state index contributed by atoms with van der Waals surface area (Å²) in [6.07, 6.45) is 0. The number of carbonyl (C=O) groups excluding carboxylic acids is 1. The van der Waals surface area contributed by atoms with Gasteiger partial charge >= 0.3 is 0 Å². The molecule has 8 heteroatoms. The predicted molar refractivity (Wildman–Crippen MR) is 129 cm³/mol. The average Bonchev–Trinajstić information content (AvgIpc) is 3.16. The van der Waals surface area contributed by atoms with Gasteiger partial charge in [0.25, 0.3) is 5.91 Å². The lowest BCUT2D eigenvalue weighted by Gasteiger charge is -2.05. The summed E-state index contributed by atoms with van der Waals surface area (Å²) in [6.45, 7) is 1.88. The van der Waals surface area contributed by atoms with Gasteiger partial charge in [-0.3, -0.25) is 4.79 Å². The van der Waals surface area contributed by atoms with Crippen molar-refractivity contribution in [1.29, 1.82) is 0 Å². The van der Waals surface area contributed by atoms with Crippen molar-refractivity contribution in [3.05, 3.63) is 76.8 Å². The Bertz CT molecular complexity index is 1270. The lowest BCUT2D eigenvalue weighted by atomic mass is 10.0. The molecule has 4 aromatic rings. The first kappa shape index (κ1) is 21.3. The van der Waals surface area contributed by atoms with Gasteiger partial charge in [0.1, 0.15) is 0 Å². The number of amides is 1. The minimum absolute atomic E-state index is 0.195. The van der Waals surface area contributed by atoms with E-state index in [9.17, 15) is 4.79 Å². The lowest BCUT2D eigenvalue weighted by molar-refractivity contribution is -0.118. The molecule has 1 aromatic heterocycles. The van der Waals surface area contributed by atoms with Gasteiger partial charge in [0, 0.05) is 17.1 Å². The third-order valence-electron chi connectivity index (χ3n) is 4.79. The van der Waals surface area contributed by atoms with Gasteiger partial charge in [0.2, 0.25) is 0 Å². The van der Waals surface area contributed by atoms with Gasteiger partial charge in [0.15, 0.2) is 11.0 Å². The molecule has 3 aromatic carbocycles. The van der Waals surface area contributed by atoms with E-state index in [1.54, 1.807) is 0 Å². The summed E-state index contributed by atoms with van der Waals surface area (Å²) in [6, 6.07) is 22.1. The number of hydrazone groups is 1. The van der Waals surface area contributed by atoms with Crippen LogP contribution in [0, 0.1) is 0 Å². The molecule has 0 aliphatic carbocycles. The van der Waals surface area contributed by atoms with Gasteiger partial charge in [-0.05, 0) is 41.5 Å². The first-order valence-corrected chi connectivity index (χ1v) is 11.4. The molecular formula is C23H20BrN5OS. The summed E-state index contributed by atoms with van der Waals surface area (Å²) in [5, 5.41) is 15.7. The van der Waals surface area contributed by atoms with E-state index in [1.807, 2.05) is 61.0 Å². The molecule has 0 spiro atoms. The van der Waals surface area contributed by atoms with Crippen molar-refractivity contribution < 1.29 is 4.79 Å². The minimum Gasteiger partial charge on any atom is -0.305 e. The zero-order valence-corrected chi connectivity index (χ0v) is 19.4. The number of rotatable bonds is 6. The zero-order valence-electron chi connectivity index (χ0n) is 17.0. The highest BCUT2D eigenvalue weighted by Gasteiger charge is 2.13. The molecule has 0 bridgehead atoms. The molecule has 0 saturated carbocycles. The number of halogens is 1. The first-order valence-electron chi connectivity index (χ1n) is 9.62. The Morgan fingerprint density at radius 3 is 2.58 bits per heavy atom. The number of fused-ring (bicyclic) bond motifs is 1. The molecular weight excluding hydrogens is 474 g/mol. The number of hydrogen-bond acceptors (Lipinski definition) is 5. The minimum atomic E-state index is -0.196. The van der Waals surface area contributed by atoms with E-state index in [1.165, 1.54) is 17.1 Å². The van der Waals surface area contributed by atoms with Crippen LogP contribution >= 0.6 is 27.7 Å². The number of aromatic nitrogens is 3. The molecule has 156 valence electrons. The van der Waals surface area contributed by atoms with Crippen LogP contribution in [-0.2, 0) is 11.8 Å². The Morgan fingerprint density at radius 2 is 1.81 bits per heavy atom. The highest BCUT2D eigenvalue weighted by molar-refractivity contribution is 9.10. The van der Waals surface area contributed by atoms with Crippen LogP contribution in [0.25, 0.3) is 22.2 Å². The molecule has 0 radical (unpaired) electrons. The third-order valence-corrected chi connectivity index (χ3v) is 6.33. The van der Waals surface area contributed by atoms with Crippen molar-refractivity contribution in [3.8, 4) is 11.4 Å². The van der Waals surface area contributed by atoms with Gasteiger partial charge in [-0.1, -0.05) is 76.2 Å². The molecule has 0 fully saturated rings. The molecule has 0 aliphatic heterocycles. The van der Waals surface area contributed by atoms with Crippen molar-refractivity contribution in [2.45, 2.75) is 12.1 Å². The summed E-state index contributed by atoms with van der Waals surface area (Å²) < 4.78 is 2.88. The predicted octanol–water partition coefficient (Wildman–Crippen LogP) is 5.03. The maximum Gasteiger partial charge on any atom is 0.250 e. The molecule has 6 nitrogen and oxygen atoms in total. The number of nitrogens with one attached hydrogen (secondary N) is 1. The largest absolute Gasteiger partial charge is 0.305 e. The van der Waals surface area contributed by atoms with Crippen LogP contribution in [0.5, 0.6) is 0 Å². The van der Waals surface area contributed by atoms with Crippen molar-refractivity contribution in [1.82, 2.24) is 20.2 Å². The molecule has 4 rings (SSSR count). The molecule has 1 N–H and O–H groups in total. The molecule has 31 heavy (non-hydrogen) atoms. The number of carbonyl (C=O) groups is 1. The van der Waals surface area contributed by atoms with E-state index in [-0.39, 0.29) is 11.7 Å². The summed E-state index contributed by atoms with van der Waals surface area (Å²) in [7, 11) is 1.89. The molecule has 1 amide bonds. The van der Waals surface area contributed by atoms with Crippen molar-refractivity contribution in [3.63, 3.8) is 0 Å². The molecule has 0 aliphatic rings. The van der Waals surface area contributed by atoms with E-state index in [0.29, 0.717) is 5.16 Å². The van der Waals surface area contributed by atoms with Gasteiger partial charge in [0.05, 0.1) is 11.5 Å². The molecule has 0 atom stereocenters. The van der Waals surface area contributed by atoms with E-state index in [0.717, 1.165) is 32.5 Å². The van der Waals surface area contributed by atoms with Crippen LogP contribution in [0.1, 0.15) is 12.5 Å². The number of benzene rings is 3. The Kier molecular flexibility index (Phi) is 6.48. The summed E-state index contributed by atoms with van der Waals surface area (Å²) in [5.41, 5.74) is 5.31. The van der Waals surface area contributed by atoms with Crippen molar-refractivity contribution >= 4 is 50.1 Å². The van der Waals surface area contributed by atoms with Crippen molar-refractivity contribution in [2.24, 2.45) is 12.1 Å². The van der Waals surface area contributed by atoms with Crippen LogP contribution in [0.3, 0.4) is 0 Å². The van der Waals surface area contributed by atoms with E-state index >= 15 is 0 Å². The van der Waals surface area contributed by atoms with E-state index in [4.69, 9.17) is 0 Å². The Hall–Kier alpha value is -2.97. The van der Waals surface area contributed by atoms with Gasteiger partial charge in [-0.15, -0.1) is 10.2 Å². The van der Waals surface area contributed by atoms with Crippen LogP contribution in [-0.4, -0.2) is 32.1 Å². The fourth-order valence-electron chi connectivity index (χ4n) is 3.08.